The highest BCUT2D eigenvalue weighted by molar-refractivity contribution is 5.95. The van der Waals surface area contributed by atoms with Crippen LogP contribution in [-0.2, 0) is 14.3 Å². The van der Waals surface area contributed by atoms with Crippen LogP contribution in [0.4, 0.5) is 4.79 Å². The van der Waals surface area contributed by atoms with E-state index in [0.717, 1.165) is 5.56 Å². The molecule has 0 saturated carbocycles. The zero-order valence-electron chi connectivity index (χ0n) is 13.9. The fraction of sp³-hybridized carbons (Fsp3) is 0.353. The van der Waals surface area contributed by atoms with E-state index in [1.54, 1.807) is 38.2 Å². The molecule has 7 heteroatoms. The summed E-state index contributed by atoms with van der Waals surface area (Å²) in [5, 5.41) is 8.97. The van der Waals surface area contributed by atoms with Gasteiger partial charge in [0.05, 0.1) is 25.1 Å². The molecule has 0 aromatic heterocycles. The van der Waals surface area contributed by atoms with Gasteiger partial charge in [-0.25, -0.2) is 9.59 Å². The van der Waals surface area contributed by atoms with E-state index >= 15 is 0 Å². The van der Waals surface area contributed by atoms with Gasteiger partial charge in [-0.15, -0.1) is 0 Å². The highest BCUT2D eigenvalue weighted by Crippen LogP contribution is 2.37. The van der Waals surface area contributed by atoms with Crippen LogP contribution in [0.15, 0.2) is 41.6 Å². The van der Waals surface area contributed by atoms with Gasteiger partial charge in [0.25, 0.3) is 0 Å². The molecular weight excluding hydrogens is 312 g/mol. The molecule has 1 aromatic rings. The average molecular weight is 332 g/mol. The summed E-state index contributed by atoms with van der Waals surface area (Å²) in [6.45, 7) is 1.67. The predicted octanol–water partition coefficient (Wildman–Crippen LogP) is 2.02. The maximum Gasteiger partial charge on any atom is 0.337 e. The van der Waals surface area contributed by atoms with Gasteiger partial charge in [0.2, 0.25) is 0 Å². The Balaban J connectivity index is 2.58. The number of ether oxygens (including phenoxy) is 1. The monoisotopic (exact) mass is 332 g/mol. The fourth-order valence-electron chi connectivity index (χ4n) is 2.77. The van der Waals surface area contributed by atoms with Crippen molar-refractivity contribution in [2.45, 2.75) is 19.4 Å². The van der Waals surface area contributed by atoms with Gasteiger partial charge >= 0.3 is 18.0 Å². The number of nitrogens with zero attached hydrogens (tertiary/aromatic N) is 2. The first-order chi connectivity index (χ1) is 11.4. The lowest BCUT2D eigenvalue weighted by Gasteiger charge is -2.41. The number of esters is 1. The van der Waals surface area contributed by atoms with Crippen molar-refractivity contribution in [3.05, 3.63) is 47.2 Å². The smallest absolute Gasteiger partial charge is 0.337 e. The van der Waals surface area contributed by atoms with Crippen LogP contribution in [-0.4, -0.2) is 53.6 Å². The Morgan fingerprint density at radius 1 is 1.25 bits per heavy atom. The van der Waals surface area contributed by atoms with Crippen LogP contribution in [0.25, 0.3) is 0 Å². The minimum Gasteiger partial charge on any atom is -0.481 e. The van der Waals surface area contributed by atoms with Gasteiger partial charge in [0, 0.05) is 19.3 Å². The van der Waals surface area contributed by atoms with Crippen LogP contribution in [0.2, 0.25) is 0 Å². The van der Waals surface area contributed by atoms with Crippen LogP contribution in [0.3, 0.4) is 0 Å². The molecule has 0 radical (unpaired) electrons. The molecule has 0 bridgehead atoms. The van der Waals surface area contributed by atoms with Crippen molar-refractivity contribution in [2.75, 3.05) is 20.7 Å². The summed E-state index contributed by atoms with van der Waals surface area (Å²) in [7, 11) is 2.83. The zero-order valence-corrected chi connectivity index (χ0v) is 13.9. The van der Waals surface area contributed by atoms with Crippen LogP contribution in [0, 0.1) is 0 Å². The number of amides is 2. The summed E-state index contributed by atoms with van der Waals surface area (Å²) in [6, 6.07) is 8.00. The van der Waals surface area contributed by atoms with Crippen molar-refractivity contribution in [1.82, 2.24) is 9.80 Å². The third-order valence-corrected chi connectivity index (χ3v) is 4.10. The second kappa shape index (κ2) is 7.16. The molecule has 0 saturated heterocycles. The highest BCUT2D eigenvalue weighted by atomic mass is 16.5. The molecule has 1 atom stereocenters. The van der Waals surface area contributed by atoms with E-state index in [4.69, 9.17) is 9.84 Å². The van der Waals surface area contributed by atoms with Gasteiger partial charge in [0.15, 0.2) is 0 Å². The molecule has 0 spiro atoms. The average Bonchev–Trinajstić information content (AvgIpc) is 2.58. The number of carboxylic acids is 1. The summed E-state index contributed by atoms with van der Waals surface area (Å²) in [5.41, 5.74) is 1.55. The van der Waals surface area contributed by atoms with Gasteiger partial charge in [-0.1, -0.05) is 30.3 Å². The summed E-state index contributed by atoms with van der Waals surface area (Å²) in [6.07, 6.45) is -0.212. The minimum atomic E-state index is -1.01. The lowest BCUT2D eigenvalue weighted by atomic mass is 9.93. The van der Waals surface area contributed by atoms with E-state index in [0.29, 0.717) is 11.3 Å². The number of hydrogen-bond donors (Lipinski definition) is 1. The minimum absolute atomic E-state index is 0.00809. The summed E-state index contributed by atoms with van der Waals surface area (Å²) < 4.78 is 4.89. The second-order valence-corrected chi connectivity index (χ2v) is 5.48. The number of hydrogen-bond acceptors (Lipinski definition) is 4. The number of rotatable bonds is 5. The highest BCUT2D eigenvalue weighted by Gasteiger charge is 2.40. The van der Waals surface area contributed by atoms with E-state index in [9.17, 15) is 14.4 Å². The van der Waals surface area contributed by atoms with Crippen molar-refractivity contribution in [2.24, 2.45) is 0 Å². The number of carboxylic acid groups (broad SMARTS) is 1. The van der Waals surface area contributed by atoms with E-state index in [1.165, 1.54) is 16.9 Å². The number of benzene rings is 1. The largest absolute Gasteiger partial charge is 0.481 e. The first kappa shape index (κ1) is 17.5. The van der Waals surface area contributed by atoms with Gasteiger partial charge in [-0.2, -0.15) is 0 Å². The number of allylic oxidation sites excluding steroid dienone is 1. The normalized spacial score (nSPS) is 18.0. The number of aliphatic carboxylic acids is 1. The Morgan fingerprint density at radius 2 is 1.88 bits per heavy atom. The second-order valence-electron chi connectivity index (χ2n) is 5.48. The number of methoxy groups -OCH3 is 1. The lowest BCUT2D eigenvalue weighted by Crippen LogP contribution is -2.49. The van der Waals surface area contributed by atoms with Crippen LogP contribution >= 0.6 is 0 Å². The topological polar surface area (TPSA) is 87.2 Å². The Morgan fingerprint density at radius 3 is 2.42 bits per heavy atom. The van der Waals surface area contributed by atoms with Gasteiger partial charge < -0.3 is 19.6 Å². The molecule has 2 amide bonds. The van der Waals surface area contributed by atoms with Crippen molar-refractivity contribution in [3.8, 4) is 0 Å². The molecule has 0 aliphatic carbocycles. The fourth-order valence-corrected chi connectivity index (χ4v) is 2.77. The van der Waals surface area contributed by atoms with Crippen molar-refractivity contribution < 1.29 is 24.2 Å². The summed E-state index contributed by atoms with van der Waals surface area (Å²) in [4.78, 5) is 38.7. The Hall–Kier alpha value is -2.83. The molecule has 7 nitrogen and oxygen atoms in total. The quantitative estimate of drug-likeness (QED) is 0.834. The standard InChI is InChI=1S/C17H20N2O5/c1-11-14(16(22)24-3)15(12-7-5-4-6-8-12)19(10-9-13(20)21)17(23)18(11)2/h4-8,15H,9-10H2,1-3H3,(H,20,21). The van der Waals surface area contributed by atoms with Crippen LogP contribution < -0.4 is 0 Å². The molecule has 24 heavy (non-hydrogen) atoms. The van der Waals surface area contributed by atoms with E-state index < -0.39 is 18.0 Å². The summed E-state index contributed by atoms with van der Waals surface area (Å²) in [5.74, 6) is -1.55. The first-order valence-electron chi connectivity index (χ1n) is 7.48. The SMILES string of the molecule is COC(=O)C1=C(C)N(C)C(=O)N(CCC(=O)O)C1c1ccccc1. The molecule has 1 N–H and O–H groups in total. The lowest BCUT2D eigenvalue weighted by molar-refractivity contribution is -0.137. The van der Waals surface area contributed by atoms with E-state index in [-0.39, 0.29) is 19.0 Å². The molecule has 1 unspecified atom stereocenters. The van der Waals surface area contributed by atoms with Gasteiger partial charge in [-0.3, -0.25) is 4.79 Å². The Labute approximate surface area is 140 Å². The number of urea groups is 1. The van der Waals surface area contributed by atoms with Gasteiger partial charge in [-0.05, 0) is 12.5 Å². The van der Waals surface area contributed by atoms with Crippen molar-refractivity contribution >= 4 is 18.0 Å². The Bertz CT molecular complexity index is 683. The first-order valence-corrected chi connectivity index (χ1v) is 7.48. The maximum atomic E-state index is 12.7. The maximum absolute atomic E-state index is 12.7. The molecule has 1 heterocycles. The molecule has 1 aliphatic rings. The molecule has 1 aliphatic heterocycles. The van der Waals surface area contributed by atoms with E-state index in [2.05, 4.69) is 0 Å². The Kier molecular flexibility index (Phi) is 5.23. The van der Waals surface area contributed by atoms with Crippen molar-refractivity contribution in [1.29, 1.82) is 0 Å². The number of carbonyl (C=O) groups excluding carboxylic acids is 2. The van der Waals surface area contributed by atoms with Crippen LogP contribution in [0.5, 0.6) is 0 Å². The molecular formula is C17H20N2O5. The van der Waals surface area contributed by atoms with Crippen LogP contribution in [0.1, 0.15) is 24.9 Å². The zero-order chi connectivity index (χ0) is 17.9. The molecule has 0 fully saturated rings. The third-order valence-electron chi connectivity index (χ3n) is 4.10. The molecule has 128 valence electrons. The third kappa shape index (κ3) is 3.24. The molecule has 2 rings (SSSR count). The molecule has 1 aromatic carbocycles. The predicted molar refractivity (Wildman–Crippen MR) is 86.0 cm³/mol. The van der Waals surface area contributed by atoms with E-state index in [1.807, 2.05) is 6.07 Å². The summed E-state index contributed by atoms with van der Waals surface area (Å²) >= 11 is 0. The van der Waals surface area contributed by atoms with Crippen molar-refractivity contribution in [3.63, 3.8) is 0 Å². The van der Waals surface area contributed by atoms with Gasteiger partial charge in [0.1, 0.15) is 0 Å². The number of carbonyl (C=O) groups is 3.